The van der Waals surface area contributed by atoms with E-state index in [1.807, 2.05) is 32.0 Å². The molecule has 128 valence electrons. The molecule has 0 saturated carbocycles. The summed E-state index contributed by atoms with van der Waals surface area (Å²) in [5.41, 5.74) is 4.32. The molecule has 1 N–H and O–H groups in total. The molecular formula is C19H18N2O4. The molecule has 1 atom stereocenters. The number of nitrogens with one attached hydrogen (secondary N) is 1. The highest BCUT2D eigenvalue weighted by molar-refractivity contribution is 5.98. The molecule has 2 aromatic carbocycles. The third kappa shape index (κ3) is 3.68. The van der Waals surface area contributed by atoms with Crippen molar-refractivity contribution in [3.63, 3.8) is 0 Å². The Kier molecular flexibility index (Phi) is 4.52. The van der Waals surface area contributed by atoms with Crippen LogP contribution in [0.25, 0.3) is 11.1 Å². The van der Waals surface area contributed by atoms with Crippen LogP contribution in [0.1, 0.15) is 28.4 Å². The second-order valence-corrected chi connectivity index (χ2v) is 5.87. The van der Waals surface area contributed by atoms with Crippen molar-refractivity contribution in [1.82, 2.24) is 4.98 Å². The molecule has 1 unspecified atom stereocenters. The number of rotatable bonds is 4. The zero-order chi connectivity index (χ0) is 18.0. The van der Waals surface area contributed by atoms with Crippen LogP contribution in [0.4, 0.5) is 5.69 Å². The van der Waals surface area contributed by atoms with Gasteiger partial charge in [0.15, 0.2) is 18.1 Å². The van der Waals surface area contributed by atoms with E-state index < -0.39 is 18.0 Å². The molecule has 0 aliphatic rings. The van der Waals surface area contributed by atoms with Crippen LogP contribution in [-0.4, -0.2) is 23.0 Å². The Morgan fingerprint density at radius 1 is 1.12 bits per heavy atom. The first-order chi connectivity index (χ1) is 11.9. The monoisotopic (exact) mass is 338 g/mol. The molecular weight excluding hydrogens is 320 g/mol. The van der Waals surface area contributed by atoms with Crippen LogP contribution in [0, 0.1) is 13.8 Å². The fourth-order valence-electron chi connectivity index (χ4n) is 2.33. The molecule has 0 radical (unpaired) electrons. The van der Waals surface area contributed by atoms with Crippen LogP contribution in [0.5, 0.6) is 0 Å². The number of hydrogen-bond acceptors (Lipinski definition) is 5. The summed E-state index contributed by atoms with van der Waals surface area (Å²) in [5, 5.41) is 2.75. The van der Waals surface area contributed by atoms with Crippen molar-refractivity contribution in [2.24, 2.45) is 0 Å². The molecule has 0 aliphatic heterocycles. The Morgan fingerprint density at radius 3 is 2.68 bits per heavy atom. The molecule has 0 fully saturated rings. The number of carbonyl (C=O) groups is 2. The standard InChI is InChI=1S/C19H18N2O4/c1-11-4-6-15(8-12(11)2)21-18(22)13(3)25-19(23)14-5-7-16-17(9-14)24-10-20-16/h4-10,13H,1-3H3,(H,21,22). The predicted molar refractivity (Wildman–Crippen MR) is 93.4 cm³/mol. The lowest BCUT2D eigenvalue weighted by Crippen LogP contribution is -2.30. The number of oxazole rings is 1. The lowest BCUT2D eigenvalue weighted by atomic mass is 10.1. The lowest BCUT2D eigenvalue weighted by molar-refractivity contribution is -0.123. The van der Waals surface area contributed by atoms with Gasteiger partial charge in [0.1, 0.15) is 5.52 Å². The van der Waals surface area contributed by atoms with Gasteiger partial charge in [0.2, 0.25) is 0 Å². The van der Waals surface area contributed by atoms with Crippen LogP contribution in [-0.2, 0) is 9.53 Å². The summed E-state index contributed by atoms with van der Waals surface area (Å²) in [4.78, 5) is 28.4. The van der Waals surface area contributed by atoms with E-state index >= 15 is 0 Å². The van der Waals surface area contributed by atoms with E-state index in [1.54, 1.807) is 18.2 Å². The van der Waals surface area contributed by atoms with Gasteiger partial charge in [-0.3, -0.25) is 4.79 Å². The van der Waals surface area contributed by atoms with E-state index in [0.717, 1.165) is 11.1 Å². The average Bonchev–Trinajstić information content (AvgIpc) is 3.05. The highest BCUT2D eigenvalue weighted by atomic mass is 16.5. The summed E-state index contributed by atoms with van der Waals surface area (Å²) in [5.74, 6) is -0.988. The summed E-state index contributed by atoms with van der Waals surface area (Å²) in [6, 6.07) is 10.4. The number of aryl methyl sites for hydroxylation is 2. The minimum absolute atomic E-state index is 0.301. The quantitative estimate of drug-likeness (QED) is 0.735. The van der Waals surface area contributed by atoms with E-state index in [2.05, 4.69) is 10.3 Å². The number of fused-ring (bicyclic) bond motifs is 1. The van der Waals surface area contributed by atoms with Gasteiger partial charge in [0.25, 0.3) is 5.91 Å². The van der Waals surface area contributed by atoms with Crippen molar-refractivity contribution in [2.75, 3.05) is 5.32 Å². The molecule has 1 aromatic heterocycles. The Bertz CT molecular complexity index is 946. The third-order valence-corrected chi connectivity index (χ3v) is 3.99. The number of amides is 1. The first kappa shape index (κ1) is 16.7. The smallest absolute Gasteiger partial charge is 0.339 e. The molecule has 0 spiro atoms. The van der Waals surface area contributed by atoms with E-state index in [1.165, 1.54) is 13.3 Å². The third-order valence-electron chi connectivity index (χ3n) is 3.99. The van der Waals surface area contributed by atoms with Crippen molar-refractivity contribution in [2.45, 2.75) is 26.9 Å². The number of hydrogen-bond donors (Lipinski definition) is 1. The predicted octanol–water partition coefficient (Wildman–Crippen LogP) is 3.63. The maximum Gasteiger partial charge on any atom is 0.339 e. The van der Waals surface area contributed by atoms with Crippen LogP contribution >= 0.6 is 0 Å². The molecule has 1 heterocycles. The summed E-state index contributed by atoms with van der Waals surface area (Å²) in [7, 11) is 0. The van der Waals surface area contributed by atoms with Gasteiger partial charge in [0, 0.05) is 5.69 Å². The number of esters is 1. The van der Waals surface area contributed by atoms with Crippen molar-refractivity contribution in [3.8, 4) is 0 Å². The van der Waals surface area contributed by atoms with Gasteiger partial charge < -0.3 is 14.5 Å². The number of ether oxygens (including phenoxy) is 1. The van der Waals surface area contributed by atoms with E-state index in [-0.39, 0.29) is 0 Å². The van der Waals surface area contributed by atoms with Gasteiger partial charge in [0.05, 0.1) is 5.56 Å². The molecule has 25 heavy (non-hydrogen) atoms. The Hall–Kier alpha value is -3.15. The Balaban J connectivity index is 1.65. The summed E-state index contributed by atoms with van der Waals surface area (Å²) >= 11 is 0. The second kappa shape index (κ2) is 6.76. The fraction of sp³-hybridized carbons (Fsp3) is 0.211. The largest absolute Gasteiger partial charge is 0.449 e. The highest BCUT2D eigenvalue weighted by Gasteiger charge is 2.19. The average molecular weight is 338 g/mol. The maximum absolute atomic E-state index is 12.2. The molecule has 3 rings (SSSR count). The van der Waals surface area contributed by atoms with Crippen molar-refractivity contribution >= 4 is 28.7 Å². The van der Waals surface area contributed by atoms with Crippen LogP contribution < -0.4 is 5.32 Å². The first-order valence-electron chi connectivity index (χ1n) is 7.86. The number of anilines is 1. The van der Waals surface area contributed by atoms with Gasteiger partial charge >= 0.3 is 5.97 Å². The highest BCUT2D eigenvalue weighted by Crippen LogP contribution is 2.17. The van der Waals surface area contributed by atoms with Crippen molar-refractivity contribution in [3.05, 3.63) is 59.5 Å². The van der Waals surface area contributed by atoms with Gasteiger partial charge in [-0.15, -0.1) is 0 Å². The van der Waals surface area contributed by atoms with Gasteiger partial charge in [-0.2, -0.15) is 0 Å². The van der Waals surface area contributed by atoms with Crippen LogP contribution in [0.15, 0.2) is 47.2 Å². The molecule has 6 nitrogen and oxygen atoms in total. The normalized spacial score (nSPS) is 12.0. The van der Waals surface area contributed by atoms with Crippen LogP contribution in [0.3, 0.4) is 0 Å². The number of carbonyl (C=O) groups excluding carboxylic acids is 2. The van der Waals surface area contributed by atoms with Crippen molar-refractivity contribution < 1.29 is 18.7 Å². The number of nitrogens with zero attached hydrogens (tertiary/aromatic N) is 1. The van der Waals surface area contributed by atoms with Gasteiger partial charge in [-0.25, -0.2) is 9.78 Å². The molecule has 0 bridgehead atoms. The van der Waals surface area contributed by atoms with Gasteiger partial charge in [-0.1, -0.05) is 6.07 Å². The molecule has 0 aliphatic carbocycles. The molecule has 6 heteroatoms. The zero-order valence-corrected chi connectivity index (χ0v) is 14.2. The fourth-order valence-corrected chi connectivity index (χ4v) is 2.33. The first-order valence-corrected chi connectivity index (χ1v) is 7.86. The summed E-state index contributed by atoms with van der Waals surface area (Å²) in [6.45, 7) is 5.49. The zero-order valence-electron chi connectivity index (χ0n) is 14.2. The van der Waals surface area contributed by atoms with Crippen LogP contribution in [0.2, 0.25) is 0 Å². The molecule has 0 saturated heterocycles. The minimum Gasteiger partial charge on any atom is -0.449 e. The summed E-state index contributed by atoms with van der Waals surface area (Å²) in [6.07, 6.45) is 0.374. The summed E-state index contributed by atoms with van der Waals surface area (Å²) < 4.78 is 10.4. The van der Waals surface area contributed by atoms with Gasteiger partial charge in [-0.05, 0) is 62.2 Å². The number of benzene rings is 2. The van der Waals surface area contributed by atoms with E-state index in [9.17, 15) is 9.59 Å². The van der Waals surface area contributed by atoms with E-state index in [0.29, 0.717) is 22.4 Å². The second-order valence-electron chi connectivity index (χ2n) is 5.87. The van der Waals surface area contributed by atoms with E-state index in [4.69, 9.17) is 9.15 Å². The maximum atomic E-state index is 12.2. The van der Waals surface area contributed by atoms with Crippen molar-refractivity contribution in [1.29, 1.82) is 0 Å². The molecule has 3 aromatic rings. The Labute approximate surface area is 144 Å². The minimum atomic E-state index is -0.931. The topological polar surface area (TPSA) is 81.4 Å². The molecule has 1 amide bonds. The number of aromatic nitrogens is 1. The Morgan fingerprint density at radius 2 is 1.92 bits per heavy atom. The SMILES string of the molecule is Cc1ccc(NC(=O)C(C)OC(=O)c2ccc3ncoc3c2)cc1C. The lowest BCUT2D eigenvalue weighted by Gasteiger charge is -2.14.